The Labute approximate surface area is 164 Å². The Hall–Kier alpha value is -2.61. The van der Waals surface area contributed by atoms with Gasteiger partial charge in [0.05, 0.1) is 0 Å². The zero-order valence-corrected chi connectivity index (χ0v) is 16.7. The number of amides is 1. The van der Waals surface area contributed by atoms with E-state index in [-0.39, 0.29) is 11.2 Å². The fourth-order valence-electron chi connectivity index (χ4n) is 3.15. The maximum Gasteiger partial charge on any atom is 0.410 e. The van der Waals surface area contributed by atoms with Gasteiger partial charge >= 0.3 is 6.09 Å². The fourth-order valence-corrected chi connectivity index (χ4v) is 3.26. The van der Waals surface area contributed by atoms with Gasteiger partial charge in [-0.3, -0.25) is 4.98 Å². The van der Waals surface area contributed by atoms with Crippen LogP contribution in [0.5, 0.6) is 0 Å². The molecule has 1 saturated heterocycles. The molecular formula is C19H25N5O2S. The van der Waals surface area contributed by atoms with E-state index in [1.54, 1.807) is 17.3 Å². The molecule has 8 heteroatoms. The molecule has 144 valence electrons. The Morgan fingerprint density at radius 3 is 2.52 bits per heavy atom. The van der Waals surface area contributed by atoms with Crippen LogP contribution in [0.1, 0.15) is 20.8 Å². The molecule has 1 aromatic carbocycles. The second kappa shape index (κ2) is 7.56. The maximum absolute atomic E-state index is 12.3. The van der Waals surface area contributed by atoms with E-state index in [4.69, 9.17) is 22.7 Å². The van der Waals surface area contributed by atoms with Gasteiger partial charge in [-0.2, -0.15) is 0 Å². The van der Waals surface area contributed by atoms with Crippen LogP contribution in [-0.2, 0) is 4.74 Å². The van der Waals surface area contributed by atoms with E-state index in [0.717, 1.165) is 35.2 Å². The summed E-state index contributed by atoms with van der Waals surface area (Å²) in [5, 5.41) is 5.25. The third-order valence-electron chi connectivity index (χ3n) is 4.32. The van der Waals surface area contributed by atoms with E-state index in [1.165, 1.54) is 0 Å². The maximum atomic E-state index is 12.3. The second-order valence-corrected chi connectivity index (χ2v) is 7.94. The van der Waals surface area contributed by atoms with Crippen LogP contribution in [0.2, 0.25) is 0 Å². The summed E-state index contributed by atoms with van der Waals surface area (Å²) >= 11 is 4.96. The van der Waals surface area contributed by atoms with Crippen molar-refractivity contribution in [1.82, 2.24) is 9.88 Å². The van der Waals surface area contributed by atoms with E-state index >= 15 is 0 Å². The predicted molar refractivity (Wildman–Crippen MR) is 112 cm³/mol. The third kappa shape index (κ3) is 4.57. The number of ether oxygens (including phenoxy) is 1. The highest BCUT2D eigenvalue weighted by Crippen LogP contribution is 2.32. The molecule has 0 aliphatic carbocycles. The van der Waals surface area contributed by atoms with Gasteiger partial charge in [0, 0.05) is 60.7 Å². The lowest BCUT2D eigenvalue weighted by atomic mass is 10.1. The van der Waals surface area contributed by atoms with Crippen molar-refractivity contribution >= 4 is 45.6 Å². The lowest BCUT2D eigenvalue weighted by molar-refractivity contribution is 0.0241. The summed E-state index contributed by atoms with van der Waals surface area (Å²) in [5.41, 5.74) is 7.08. The molecule has 2 heterocycles. The Balaban J connectivity index is 1.78. The standard InChI is InChI=1S/C19H25N5O2S/c1-19(2,3)26-18(25)24-10-8-23(9-11-24)16-5-4-15(22-17(20)27)14-12-21-7-6-13(14)16/h4-7,12H,8-11H2,1-3H3,(H3,20,22,27). The van der Waals surface area contributed by atoms with Gasteiger partial charge in [0.2, 0.25) is 0 Å². The van der Waals surface area contributed by atoms with Gasteiger partial charge in [-0.25, -0.2) is 4.79 Å². The van der Waals surface area contributed by atoms with Crippen molar-refractivity contribution in [3.05, 3.63) is 30.6 Å². The van der Waals surface area contributed by atoms with Crippen molar-refractivity contribution in [2.45, 2.75) is 26.4 Å². The number of carbonyl (C=O) groups is 1. The number of thiocarbonyl (C=S) groups is 1. The van der Waals surface area contributed by atoms with E-state index in [2.05, 4.69) is 15.2 Å². The van der Waals surface area contributed by atoms with Crippen LogP contribution in [0.3, 0.4) is 0 Å². The molecule has 7 nitrogen and oxygen atoms in total. The molecule has 2 aromatic rings. The number of hydrogen-bond acceptors (Lipinski definition) is 5. The minimum atomic E-state index is -0.482. The fraction of sp³-hybridized carbons (Fsp3) is 0.421. The van der Waals surface area contributed by atoms with E-state index in [1.807, 2.05) is 39.0 Å². The molecule has 0 unspecified atom stereocenters. The topological polar surface area (TPSA) is 83.7 Å². The van der Waals surface area contributed by atoms with Crippen LogP contribution in [0.25, 0.3) is 10.8 Å². The summed E-state index contributed by atoms with van der Waals surface area (Å²) in [6.45, 7) is 8.35. The molecule has 0 radical (unpaired) electrons. The molecule has 3 N–H and O–H groups in total. The molecule has 3 rings (SSSR count). The number of nitrogens with one attached hydrogen (secondary N) is 1. The van der Waals surface area contributed by atoms with Gasteiger partial charge in [0.15, 0.2) is 5.11 Å². The van der Waals surface area contributed by atoms with Crippen LogP contribution in [0, 0.1) is 0 Å². The van der Waals surface area contributed by atoms with Crippen LogP contribution >= 0.6 is 12.2 Å². The van der Waals surface area contributed by atoms with E-state index < -0.39 is 5.60 Å². The Morgan fingerprint density at radius 2 is 1.89 bits per heavy atom. The van der Waals surface area contributed by atoms with Crippen molar-refractivity contribution in [1.29, 1.82) is 0 Å². The van der Waals surface area contributed by atoms with Crippen LogP contribution < -0.4 is 16.0 Å². The summed E-state index contributed by atoms with van der Waals surface area (Å²) in [7, 11) is 0. The lowest BCUT2D eigenvalue weighted by Crippen LogP contribution is -2.50. The number of pyridine rings is 1. The molecule has 0 atom stereocenters. The Morgan fingerprint density at radius 1 is 1.19 bits per heavy atom. The highest BCUT2D eigenvalue weighted by atomic mass is 32.1. The van der Waals surface area contributed by atoms with Crippen LogP contribution in [0.4, 0.5) is 16.2 Å². The highest BCUT2D eigenvalue weighted by molar-refractivity contribution is 7.80. The Kier molecular flexibility index (Phi) is 5.36. The monoisotopic (exact) mass is 387 g/mol. The normalized spacial score (nSPS) is 14.9. The molecule has 1 amide bonds. The average molecular weight is 388 g/mol. The first-order valence-electron chi connectivity index (χ1n) is 8.91. The first kappa shape index (κ1) is 19.2. The largest absolute Gasteiger partial charge is 0.444 e. The molecule has 1 aromatic heterocycles. The number of hydrogen-bond donors (Lipinski definition) is 2. The zero-order chi connectivity index (χ0) is 19.6. The summed E-state index contributed by atoms with van der Waals surface area (Å²) in [4.78, 5) is 20.5. The van der Waals surface area contributed by atoms with E-state index in [9.17, 15) is 4.79 Å². The van der Waals surface area contributed by atoms with Crippen molar-refractivity contribution in [3.63, 3.8) is 0 Å². The number of benzene rings is 1. The SMILES string of the molecule is CC(C)(C)OC(=O)N1CCN(c2ccc(NC(N)=S)c3cnccc23)CC1. The predicted octanol–water partition coefficient (Wildman–Crippen LogP) is 2.95. The highest BCUT2D eigenvalue weighted by Gasteiger charge is 2.26. The number of aromatic nitrogens is 1. The van der Waals surface area contributed by atoms with Gasteiger partial charge in [-0.1, -0.05) is 0 Å². The number of nitrogens with two attached hydrogens (primary N) is 1. The molecule has 0 bridgehead atoms. The van der Waals surface area contributed by atoms with Gasteiger partial charge < -0.3 is 25.6 Å². The number of anilines is 2. The first-order chi connectivity index (χ1) is 12.7. The third-order valence-corrected chi connectivity index (χ3v) is 4.43. The first-order valence-corrected chi connectivity index (χ1v) is 9.31. The molecule has 0 saturated carbocycles. The molecule has 0 spiro atoms. The minimum Gasteiger partial charge on any atom is -0.444 e. The number of rotatable bonds is 2. The van der Waals surface area contributed by atoms with Gasteiger partial charge in [0.25, 0.3) is 0 Å². The Bertz CT molecular complexity index is 857. The van der Waals surface area contributed by atoms with Crippen molar-refractivity contribution in [2.75, 3.05) is 36.4 Å². The van der Waals surface area contributed by atoms with Crippen LogP contribution in [0.15, 0.2) is 30.6 Å². The second-order valence-electron chi connectivity index (χ2n) is 7.50. The molecule has 1 fully saturated rings. The number of piperazine rings is 1. The summed E-state index contributed by atoms with van der Waals surface area (Å²) in [5.74, 6) is 0. The van der Waals surface area contributed by atoms with Gasteiger partial charge in [0.1, 0.15) is 5.60 Å². The van der Waals surface area contributed by atoms with Crippen molar-refractivity contribution in [3.8, 4) is 0 Å². The summed E-state index contributed by atoms with van der Waals surface area (Å²) < 4.78 is 5.47. The molecule has 1 aliphatic rings. The number of fused-ring (bicyclic) bond motifs is 1. The summed E-state index contributed by atoms with van der Waals surface area (Å²) in [6.07, 6.45) is 3.32. The smallest absolute Gasteiger partial charge is 0.410 e. The lowest BCUT2D eigenvalue weighted by Gasteiger charge is -2.37. The van der Waals surface area contributed by atoms with Gasteiger partial charge in [-0.15, -0.1) is 0 Å². The average Bonchev–Trinajstić information content (AvgIpc) is 2.60. The summed E-state index contributed by atoms with van der Waals surface area (Å²) in [6, 6.07) is 5.99. The molecule has 27 heavy (non-hydrogen) atoms. The van der Waals surface area contributed by atoms with Gasteiger partial charge in [-0.05, 0) is 51.2 Å². The van der Waals surface area contributed by atoms with Crippen LogP contribution in [-0.4, -0.2) is 52.9 Å². The number of carbonyl (C=O) groups excluding carboxylic acids is 1. The van der Waals surface area contributed by atoms with E-state index in [0.29, 0.717) is 13.1 Å². The molecular weight excluding hydrogens is 362 g/mol. The quantitative estimate of drug-likeness (QED) is 0.767. The zero-order valence-electron chi connectivity index (χ0n) is 15.9. The molecule has 1 aliphatic heterocycles. The van der Waals surface area contributed by atoms with Crippen molar-refractivity contribution in [2.24, 2.45) is 5.73 Å². The minimum absolute atomic E-state index is 0.221. The van der Waals surface area contributed by atoms with Crippen molar-refractivity contribution < 1.29 is 9.53 Å². The number of nitrogens with zero attached hydrogens (tertiary/aromatic N) is 3.